The molecule has 0 amide bonds. The average Bonchev–Trinajstić information content (AvgIpc) is 3.46. The van der Waals surface area contributed by atoms with Crippen LogP contribution in [0.25, 0.3) is 11.1 Å². The van der Waals surface area contributed by atoms with Gasteiger partial charge in [0, 0.05) is 12.7 Å². The number of hydrogen-bond donors (Lipinski definition) is 2. The van der Waals surface area contributed by atoms with Crippen LogP contribution < -0.4 is 9.47 Å². The number of carbonyl (C=O) groups is 2. The number of carboxylic acid groups (broad SMARTS) is 1. The summed E-state index contributed by atoms with van der Waals surface area (Å²) in [4.78, 5) is 24.7. The molecule has 1 aliphatic rings. The second-order valence-corrected chi connectivity index (χ2v) is 13.0. The van der Waals surface area contributed by atoms with Crippen molar-refractivity contribution in [2.45, 2.75) is 25.9 Å². The van der Waals surface area contributed by atoms with Crippen molar-refractivity contribution < 1.29 is 57.7 Å². The Balaban J connectivity index is 1.49. The fraction of sp³-hybridized carbons (Fsp3) is 0.395. The number of carbonyl (C=O) groups excluding carboxylic acids is 1. The molecule has 0 aromatic heterocycles. The van der Waals surface area contributed by atoms with Gasteiger partial charge in [-0.05, 0) is 65.4 Å². The summed E-state index contributed by atoms with van der Waals surface area (Å²) in [5.74, 6) is -0.592. The minimum atomic E-state index is -1.13. The molecule has 12 nitrogen and oxygen atoms in total. The summed E-state index contributed by atoms with van der Waals surface area (Å²) in [7, 11) is 1.61. The molecule has 0 spiro atoms. The Bertz CT molecular complexity index is 1820. The number of methoxy groups -OCH3 is 1. The number of fused-ring (bicyclic) bond motifs is 3. The summed E-state index contributed by atoms with van der Waals surface area (Å²) in [6.07, 6.45) is 0. The first-order chi connectivity index (χ1) is 26.8. The molecule has 5 rings (SSSR count). The van der Waals surface area contributed by atoms with Crippen molar-refractivity contribution in [3.63, 3.8) is 0 Å². The highest BCUT2D eigenvalue weighted by Crippen LogP contribution is 2.57. The molecule has 2 N–H and O–H groups in total. The SMILES string of the molecule is COCCOCCOCCOc1ccc(C2(c3ccc(COCCOCCOCCO)c(OC=O)c3)c3cc(C)ccc3-c3ccc(C)cc32)cc1C(=O)O. The highest BCUT2D eigenvalue weighted by atomic mass is 16.6. The number of carboxylic acids is 1. The monoisotopic (exact) mass is 758 g/mol. The predicted octanol–water partition coefficient (Wildman–Crippen LogP) is 5.50. The summed E-state index contributed by atoms with van der Waals surface area (Å²) < 4.78 is 44.2. The third kappa shape index (κ3) is 10.2. The normalized spacial score (nSPS) is 12.7. The van der Waals surface area contributed by atoms with Gasteiger partial charge < -0.3 is 48.1 Å². The molecular weight excluding hydrogens is 708 g/mol. The maximum absolute atomic E-state index is 12.9. The highest BCUT2D eigenvalue weighted by Gasteiger charge is 2.47. The summed E-state index contributed by atoms with van der Waals surface area (Å²) in [6.45, 7) is 8.37. The molecule has 55 heavy (non-hydrogen) atoms. The minimum absolute atomic E-state index is 0.00615. The van der Waals surface area contributed by atoms with E-state index in [1.807, 2.05) is 38.1 Å². The van der Waals surface area contributed by atoms with Crippen molar-refractivity contribution in [1.82, 2.24) is 0 Å². The zero-order valence-corrected chi connectivity index (χ0v) is 31.7. The summed E-state index contributed by atoms with van der Waals surface area (Å²) >= 11 is 0. The van der Waals surface area contributed by atoms with Crippen molar-refractivity contribution in [2.75, 3.05) is 86.4 Å². The van der Waals surface area contributed by atoms with Crippen molar-refractivity contribution in [1.29, 1.82) is 0 Å². The fourth-order valence-corrected chi connectivity index (χ4v) is 6.83. The third-order valence-corrected chi connectivity index (χ3v) is 9.29. The van der Waals surface area contributed by atoms with E-state index in [-0.39, 0.29) is 44.3 Å². The van der Waals surface area contributed by atoms with Gasteiger partial charge in [-0.1, -0.05) is 65.7 Å². The van der Waals surface area contributed by atoms with Gasteiger partial charge in [0.25, 0.3) is 6.47 Å². The average molecular weight is 759 g/mol. The second-order valence-electron chi connectivity index (χ2n) is 13.0. The molecule has 0 bridgehead atoms. The van der Waals surface area contributed by atoms with Gasteiger partial charge in [-0.2, -0.15) is 0 Å². The fourth-order valence-electron chi connectivity index (χ4n) is 6.83. The first-order valence-electron chi connectivity index (χ1n) is 18.3. The number of benzene rings is 4. The van der Waals surface area contributed by atoms with Crippen LogP contribution in [0, 0.1) is 13.8 Å². The largest absolute Gasteiger partial charge is 0.490 e. The van der Waals surface area contributed by atoms with Crippen LogP contribution in [-0.4, -0.2) is 109 Å². The molecule has 0 fully saturated rings. The number of aryl methyl sites for hydroxylation is 2. The molecule has 0 unspecified atom stereocenters. The van der Waals surface area contributed by atoms with Gasteiger partial charge in [-0.15, -0.1) is 0 Å². The zero-order chi connectivity index (χ0) is 39.0. The van der Waals surface area contributed by atoms with Crippen molar-refractivity contribution in [2.24, 2.45) is 0 Å². The molecular formula is C43H50O12. The molecule has 0 saturated heterocycles. The lowest BCUT2D eigenvalue weighted by atomic mass is 9.67. The summed E-state index contributed by atoms with van der Waals surface area (Å²) in [5.41, 5.74) is 7.21. The van der Waals surface area contributed by atoms with Crippen LogP contribution >= 0.6 is 0 Å². The molecule has 1 aliphatic carbocycles. The smallest absolute Gasteiger partial charge is 0.339 e. The quantitative estimate of drug-likeness (QED) is 0.0572. The second kappa shape index (κ2) is 20.9. The van der Waals surface area contributed by atoms with Crippen molar-refractivity contribution in [3.8, 4) is 22.6 Å². The Morgan fingerprint density at radius 2 is 1.18 bits per heavy atom. The number of aliphatic hydroxyl groups excluding tert-OH is 1. The van der Waals surface area contributed by atoms with Gasteiger partial charge in [0.15, 0.2) is 0 Å². The van der Waals surface area contributed by atoms with Gasteiger partial charge in [0.1, 0.15) is 23.7 Å². The van der Waals surface area contributed by atoms with Crippen LogP contribution in [0.4, 0.5) is 0 Å². The molecule has 0 radical (unpaired) electrons. The van der Waals surface area contributed by atoms with E-state index >= 15 is 0 Å². The van der Waals surface area contributed by atoms with Gasteiger partial charge in [0.05, 0.1) is 84.7 Å². The molecule has 4 aromatic carbocycles. The van der Waals surface area contributed by atoms with E-state index in [4.69, 9.17) is 43.0 Å². The van der Waals surface area contributed by atoms with E-state index in [2.05, 4.69) is 36.4 Å². The van der Waals surface area contributed by atoms with E-state index in [9.17, 15) is 14.7 Å². The van der Waals surface area contributed by atoms with Gasteiger partial charge in [-0.25, -0.2) is 4.79 Å². The topological polar surface area (TPSA) is 148 Å². The molecule has 4 aromatic rings. The van der Waals surface area contributed by atoms with Crippen LogP contribution in [0.5, 0.6) is 11.5 Å². The van der Waals surface area contributed by atoms with Gasteiger partial charge in [0.2, 0.25) is 0 Å². The number of aliphatic hydroxyl groups is 1. The number of ether oxygens (including phenoxy) is 8. The van der Waals surface area contributed by atoms with Crippen molar-refractivity contribution in [3.05, 3.63) is 117 Å². The molecule has 0 heterocycles. The molecule has 0 saturated carbocycles. The first-order valence-corrected chi connectivity index (χ1v) is 18.3. The van der Waals surface area contributed by atoms with E-state index in [0.29, 0.717) is 76.2 Å². The minimum Gasteiger partial charge on any atom is -0.490 e. The lowest BCUT2D eigenvalue weighted by Crippen LogP contribution is -2.29. The Labute approximate surface area is 321 Å². The first kappa shape index (κ1) is 41.5. The number of hydrogen-bond acceptors (Lipinski definition) is 11. The predicted molar refractivity (Wildman–Crippen MR) is 204 cm³/mol. The lowest BCUT2D eigenvalue weighted by molar-refractivity contribution is -0.120. The van der Waals surface area contributed by atoms with Crippen LogP contribution in [-0.2, 0) is 45.2 Å². The lowest BCUT2D eigenvalue weighted by Gasteiger charge is -2.35. The zero-order valence-electron chi connectivity index (χ0n) is 31.7. The maximum Gasteiger partial charge on any atom is 0.339 e. The van der Waals surface area contributed by atoms with Crippen LogP contribution in [0.3, 0.4) is 0 Å². The Morgan fingerprint density at radius 1 is 0.636 bits per heavy atom. The van der Waals surface area contributed by atoms with Crippen molar-refractivity contribution >= 4 is 12.4 Å². The summed E-state index contributed by atoms with van der Waals surface area (Å²) in [6, 6.07) is 23.6. The van der Waals surface area contributed by atoms with E-state index in [1.165, 1.54) is 0 Å². The molecule has 12 heteroatoms. The molecule has 294 valence electrons. The van der Waals surface area contributed by atoms with Crippen LogP contribution in [0.1, 0.15) is 49.3 Å². The number of rotatable bonds is 25. The van der Waals surface area contributed by atoms with Crippen LogP contribution in [0.15, 0.2) is 72.8 Å². The van der Waals surface area contributed by atoms with Gasteiger partial charge in [-0.3, -0.25) is 4.79 Å². The van der Waals surface area contributed by atoms with Gasteiger partial charge >= 0.3 is 5.97 Å². The maximum atomic E-state index is 12.9. The van der Waals surface area contributed by atoms with Crippen LogP contribution in [0.2, 0.25) is 0 Å². The van der Waals surface area contributed by atoms with E-state index in [0.717, 1.165) is 38.9 Å². The standard InChI is InChI=1S/C43H50O12/c1-30-4-9-35-36-10-5-31(2)25-39(36)43(38(35)24-30,33-8-11-40(37(26-33)42(46)47)54-23-22-52-19-18-50-15-14-48-3)34-7-6-32(41(27-34)55-29-45)28-53-21-20-51-17-16-49-13-12-44/h4-11,24-27,29,44H,12-23,28H2,1-3H3,(H,46,47). The summed E-state index contributed by atoms with van der Waals surface area (Å²) in [5, 5.41) is 19.3. The van der Waals surface area contributed by atoms with E-state index in [1.54, 1.807) is 19.2 Å². The third-order valence-electron chi connectivity index (χ3n) is 9.29. The Hall–Kier alpha value is -4.66. The highest BCUT2D eigenvalue weighted by molar-refractivity contribution is 5.93. The molecule has 0 aliphatic heterocycles. The Morgan fingerprint density at radius 3 is 1.76 bits per heavy atom. The number of aromatic carboxylic acids is 1. The Kier molecular flexibility index (Phi) is 15.7. The molecule has 0 atom stereocenters. The van der Waals surface area contributed by atoms with E-state index < -0.39 is 11.4 Å².